The van der Waals surface area contributed by atoms with E-state index < -0.39 is 41.2 Å². The number of hydrogen-bond donors (Lipinski definition) is 2. The van der Waals surface area contributed by atoms with Gasteiger partial charge in [-0.3, -0.25) is 14.4 Å². The van der Waals surface area contributed by atoms with Crippen LogP contribution in [0.5, 0.6) is 0 Å². The Morgan fingerprint density at radius 1 is 0.906 bits per heavy atom. The Kier molecular flexibility index (Phi) is 12.7. The van der Waals surface area contributed by atoms with E-state index in [0.717, 1.165) is 11.1 Å². The number of halogens is 1. The average Bonchev–Trinajstić information content (AvgIpc) is 3.13. The molecule has 3 aromatic rings. The van der Waals surface area contributed by atoms with Crippen molar-refractivity contribution < 1.29 is 47.9 Å². The van der Waals surface area contributed by atoms with Gasteiger partial charge in [0.25, 0.3) is 0 Å². The van der Waals surface area contributed by atoms with Crippen molar-refractivity contribution in [3.05, 3.63) is 101 Å². The molecule has 0 spiro atoms. The van der Waals surface area contributed by atoms with Gasteiger partial charge < -0.3 is 34.1 Å². The number of benzene rings is 3. The lowest BCUT2D eigenvalue weighted by molar-refractivity contribution is -0.291. The highest BCUT2D eigenvalue weighted by molar-refractivity contribution is 6.03. The molecule has 11 heteroatoms. The van der Waals surface area contributed by atoms with Crippen LogP contribution in [0.2, 0.25) is 0 Å². The molecule has 2 heterocycles. The molecule has 2 N–H and O–H groups in total. The lowest BCUT2D eigenvalue weighted by Gasteiger charge is -2.48. The third-order valence-electron chi connectivity index (χ3n) is 9.12. The minimum absolute atomic E-state index is 0.0496. The molecule has 278 valence electrons. The summed E-state index contributed by atoms with van der Waals surface area (Å²) in [5, 5.41) is 18.6. The molecule has 0 saturated carbocycles. The van der Waals surface area contributed by atoms with Crippen LogP contribution in [0, 0.1) is 41.3 Å². The van der Waals surface area contributed by atoms with Crippen LogP contribution in [-0.4, -0.2) is 65.9 Å². The maximum absolute atomic E-state index is 13.9. The number of nitrogens with zero attached hydrogens (tertiary/aromatic N) is 1. The Hall–Kier alpha value is -5.04. The Balaban J connectivity index is 1.40. The number of carbonyl (C=O) groups is 3. The second-order valence-electron chi connectivity index (χ2n) is 13.7. The Morgan fingerprint density at radius 3 is 2.09 bits per heavy atom. The Bertz CT molecular complexity index is 1870. The van der Waals surface area contributed by atoms with Crippen LogP contribution in [0.1, 0.15) is 81.4 Å². The fourth-order valence-corrected chi connectivity index (χ4v) is 6.24. The van der Waals surface area contributed by atoms with E-state index in [-0.39, 0.29) is 44.3 Å². The first-order chi connectivity index (χ1) is 25.3. The van der Waals surface area contributed by atoms with Crippen molar-refractivity contribution in [2.45, 2.75) is 70.5 Å². The standard InChI is InChI=1S/C42H44FNO9/c1-28(47)52-38(33-14-16-35(43)17-15-33)21-20-37-39(44(40(37)49)36-18-10-30(11-19-36)6-5-7-32(24-45)25-46)34-12-8-31(9-13-34)22-23-42(53-29(2)48)26-50-41(3,4)51-27-42/h8-19,32,37-39,45-46H,7,20-21,24-27H2,1-4H3/t37-,38+,39-/m1/s1. The molecule has 1 amide bonds. The molecule has 2 aliphatic heterocycles. The van der Waals surface area contributed by atoms with E-state index in [4.69, 9.17) is 18.9 Å². The fraction of sp³-hybridized carbons (Fsp3) is 0.405. The van der Waals surface area contributed by atoms with Gasteiger partial charge in [-0.25, -0.2) is 4.39 Å². The van der Waals surface area contributed by atoms with Crippen molar-refractivity contribution in [3.8, 4) is 23.7 Å². The van der Waals surface area contributed by atoms with Gasteiger partial charge in [0.2, 0.25) is 11.5 Å². The molecule has 53 heavy (non-hydrogen) atoms. The molecular weight excluding hydrogens is 681 g/mol. The number of carbonyl (C=O) groups excluding carboxylic acids is 3. The molecule has 0 unspecified atom stereocenters. The number of esters is 2. The molecule has 0 aliphatic carbocycles. The van der Waals surface area contributed by atoms with Gasteiger partial charge >= 0.3 is 11.9 Å². The van der Waals surface area contributed by atoms with Crippen LogP contribution in [0.3, 0.4) is 0 Å². The predicted molar refractivity (Wildman–Crippen MR) is 193 cm³/mol. The maximum Gasteiger partial charge on any atom is 0.304 e. The van der Waals surface area contributed by atoms with Crippen molar-refractivity contribution >= 4 is 23.5 Å². The molecule has 3 aromatic carbocycles. The number of β-lactam (4-membered cyclic amide) rings is 1. The first kappa shape index (κ1) is 39.2. The lowest BCUT2D eigenvalue weighted by Crippen LogP contribution is -2.55. The summed E-state index contributed by atoms with van der Waals surface area (Å²) in [5.74, 6) is 9.06. The van der Waals surface area contributed by atoms with Crippen molar-refractivity contribution in [2.75, 3.05) is 31.3 Å². The normalized spacial score (nSPS) is 19.2. The van der Waals surface area contributed by atoms with E-state index in [1.807, 2.05) is 48.5 Å². The van der Waals surface area contributed by atoms with Crippen molar-refractivity contribution in [1.29, 1.82) is 0 Å². The van der Waals surface area contributed by atoms with E-state index in [1.165, 1.54) is 26.0 Å². The third-order valence-corrected chi connectivity index (χ3v) is 9.12. The summed E-state index contributed by atoms with van der Waals surface area (Å²) >= 11 is 0. The zero-order valence-corrected chi connectivity index (χ0v) is 30.3. The second-order valence-corrected chi connectivity index (χ2v) is 13.7. The molecule has 2 fully saturated rings. The van der Waals surface area contributed by atoms with E-state index in [0.29, 0.717) is 36.1 Å². The number of hydrogen-bond acceptors (Lipinski definition) is 9. The van der Waals surface area contributed by atoms with Crippen LogP contribution < -0.4 is 4.90 Å². The summed E-state index contributed by atoms with van der Waals surface area (Å²) in [7, 11) is 0. The Morgan fingerprint density at radius 2 is 1.51 bits per heavy atom. The van der Waals surface area contributed by atoms with Crippen molar-refractivity contribution in [3.63, 3.8) is 0 Å². The van der Waals surface area contributed by atoms with Crippen LogP contribution >= 0.6 is 0 Å². The van der Waals surface area contributed by atoms with E-state index in [1.54, 1.807) is 30.9 Å². The molecule has 2 saturated heterocycles. The molecular formula is C42H44FNO9. The number of ether oxygens (including phenoxy) is 4. The summed E-state index contributed by atoms with van der Waals surface area (Å²) in [6.07, 6.45) is 0.412. The maximum atomic E-state index is 13.9. The molecule has 0 radical (unpaired) electrons. The van der Waals surface area contributed by atoms with E-state index in [9.17, 15) is 29.0 Å². The minimum Gasteiger partial charge on any atom is -0.458 e. The number of aliphatic hydroxyl groups is 2. The van der Waals surface area contributed by atoms with Crippen LogP contribution in [0.15, 0.2) is 72.8 Å². The summed E-state index contributed by atoms with van der Waals surface area (Å²) in [5.41, 5.74) is 2.27. The first-order valence-corrected chi connectivity index (χ1v) is 17.5. The predicted octanol–water partition coefficient (Wildman–Crippen LogP) is 5.39. The van der Waals surface area contributed by atoms with Gasteiger partial charge in [-0.1, -0.05) is 42.0 Å². The van der Waals surface area contributed by atoms with Gasteiger partial charge in [-0.2, -0.15) is 0 Å². The number of rotatable bonds is 11. The third kappa shape index (κ3) is 10.1. The monoisotopic (exact) mass is 725 g/mol. The SMILES string of the molecule is CC(=O)O[C@@H](CC[C@H]1C(=O)N(c2ccc(C#CCC(CO)CO)cc2)[C@@H]1c1ccc(C#CC2(OC(C)=O)COC(C)(C)OC2)cc1)c1ccc(F)cc1. The van der Waals surface area contributed by atoms with Crippen molar-refractivity contribution in [2.24, 2.45) is 11.8 Å². The second kappa shape index (κ2) is 17.2. The fourth-order valence-electron chi connectivity index (χ4n) is 6.24. The first-order valence-electron chi connectivity index (χ1n) is 17.5. The molecule has 3 atom stereocenters. The minimum atomic E-state index is -1.26. The van der Waals surface area contributed by atoms with Gasteiger partial charge in [0.15, 0.2) is 5.79 Å². The summed E-state index contributed by atoms with van der Waals surface area (Å²) in [6, 6.07) is 20.2. The lowest BCUT2D eigenvalue weighted by atomic mass is 9.78. The molecule has 10 nitrogen and oxygen atoms in total. The summed E-state index contributed by atoms with van der Waals surface area (Å²) in [4.78, 5) is 39.5. The zero-order valence-electron chi connectivity index (χ0n) is 30.3. The van der Waals surface area contributed by atoms with Gasteiger partial charge in [0.1, 0.15) is 25.1 Å². The van der Waals surface area contributed by atoms with Gasteiger partial charge in [0.05, 0.1) is 12.0 Å². The van der Waals surface area contributed by atoms with Crippen LogP contribution in [0.4, 0.5) is 10.1 Å². The molecule has 5 rings (SSSR count). The number of anilines is 1. The molecule has 0 aromatic heterocycles. The number of aliphatic hydroxyl groups excluding tert-OH is 2. The van der Waals surface area contributed by atoms with Crippen molar-refractivity contribution in [1.82, 2.24) is 0 Å². The van der Waals surface area contributed by atoms with Crippen LogP contribution in [0.25, 0.3) is 0 Å². The number of amides is 1. The average molecular weight is 726 g/mol. The topological polar surface area (TPSA) is 132 Å². The van der Waals surface area contributed by atoms with Gasteiger partial charge in [0, 0.05) is 56.2 Å². The summed E-state index contributed by atoms with van der Waals surface area (Å²) in [6.45, 7) is 5.96. The highest BCUT2D eigenvalue weighted by Gasteiger charge is 2.48. The highest BCUT2D eigenvalue weighted by atomic mass is 19.1. The van der Waals surface area contributed by atoms with E-state index >= 15 is 0 Å². The quantitative estimate of drug-likeness (QED) is 0.152. The summed E-state index contributed by atoms with van der Waals surface area (Å²) < 4.78 is 36.3. The van der Waals surface area contributed by atoms with Crippen LogP contribution in [-0.2, 0) is 33.3 Å². The highest BCUT2D eigenvalue weighted by Crippen LogP contribution is 2.46. The smallest absolute Gasteiger partial charge is 0.304 e. The zero-order chi connectivity index (χ0) is 38.2. The molecule has 0 bridgehead atoms. The largest absolute Gasteiger partial charge is 0.458 e. The molecule has 2 aliphatic rings. The van der Waals surface area contributed by atoms with Gasteiger partial charge in [-0.05, 0) is 92.3 Å². The van der Waals surface area contributed by atoms with Gasteiger partial charge in [-0.15, -0.1) is 0 Å². The van der Waals surface area contributed by atoms with E-state index in [2.05, 4.69) is 23.7 Å². The Labute approximate surface area is 309 Å².